The predicted molar refractivity (Wildman–Crippen MR) is 65.5 cm³/mol. The van der Waals surface area contributed by atoms with E-state index in [4.69, 9.17) is 4.74 Å². The number of rotatable bonds is 3. The molecule has 18 heavy (non-hydrogen) atoms. The summed E-state index contributed by atoms with van der Waals surface area (Å²) in [5.74, 6) is 0.181. The van der Waals surface area contributed by atoms with Crippen molar-refractivity contribution in [1.29, 1.82) is 0 Å². The zero-order valence-corrected chi connectivity index (χ0v) is 10.4. The van der Waals surface area contributed by atoms with E-state index < -0.39 is 6.10 Å². The van der Waals surface area contributed by atoms with Crippen LogP contribution in [0, 0.1) is 0 Å². The number of likely N-dealkylation sites (N-methyl/N-ethyl adjacent to an activating group) is 1. The van der Waals surface area contributed by atoms with Gasteiger partial charge in [-0.2, -0.15) is 0 Å². The number of hydrogen-bond acceptors (Lipinski definition) is 4. The highest BCUT2D eigenvalue weighted by molar-refractivity contribution is 5.99. The van der Waals surface area contributed by atoms with Gasteiger partial charge in [-0.3, -0.25) is 9.59 Å². The van der Waals surface area contributed by atoms with E-state index in [1.54, 1.807) is 11.9 Å². The van der Waals surface area contributed by atoms with Crippen molar-refractivity contribution in [2.45, 2.75) is 18.9 Å². The largest absolute Gasteiger partial charge is 0.478 e. The van der Waals surface area contributed by atoms with Gasteiger partial charge in [-0.1, -0.05) is 12.1 Å². The number of nitrogens with zero attached hydrogens (tertiary/aromatic N) is 1. The molecule has 1 aliphatic heterocycles. The van der Waals surface area contributed by atoms with Gasteiger partial charge in [0.2, 0.25) is 0 Å². The number of anilines is 1. The van der Waals surface area contributed by atoms with Crippen LogP contribution in [0.4, 0.5) is 5.69 Å². The molecule has 0 saturated carbocycles. The molecule has 1 aromatic rings. The van der Waals surface area contributed by atoms with Gasteiger partial charge in [0.05, 0.1) is 12.8 Å². The summed E-state index contributed by atoms with van der Waals surface area (Å²) in [6.45, 7) is 0. The Balaban J connectivity index is 2.12. The highest BCUT2D eigenvalue weighted by Gasteiger charge is 2.32. The predicted octanol–water partition coefficient (Wildman–Crippen LogP) is 1.36. The van der Waals surface area contributed by atoms with Gasteiger partial charge >= 0.3 is 5.97 Å². The lowest BCUT2D eigenvalue weighted by molar-refractivity contribution is -0.141. The summed E-state index contributed by atoms with van der Waals surface area (Å²) < 4.78 is 10.2. The first kappa shape index (κ1) is 12.4. The second kappa shape index (κ2) is 5.08. The van der Waals surface area contributed by atoms with Gasteiger partial charge in [0.15, 0.2) is 6.10 Å². The Morgan fingerprint density at radius 2 is 2.17 bits per heavy atom. The van der Waals surface area contributed by atoms with Crippen molar-refractivity contribution in [3.05, 3.63) is 24.3 Å². The van der Waals surface area contributed by atoms with Gasteiger partial charge in [0.25, 0.3) is 5.91 Å². The lowest BCUT2D eigenvalue weighted by Crippen LogP contribution is -2.43. The van der Waals surface area contributed by atoms with Crippen molar-refractivity contribution < 1.29 is 19.1 Å². The van der Waals surface area contributed by atoms with Crippen molar-refractivity contribution >= 4 is 17.6 Å². The third-order valence-corrected chi connectivity index (χ3v) is 2.94. The van der Waals surface area contributed by atoms with Crippen LogP contribution in [0.25, 0.3) is 0 Å². The number of amides is 1. The number of hydrogen-bond donors (Lipinski definition) is 0. The minimum atomic E-state index is -0.621. The number of carbonyl (C=O) groups excluding carboxylic acids is 2. The minimum absolute atomic E-state index is 0.141. The van der Waals surface area contributed by atoms with Crippen molar-refractivity contribution in [2.75, 3.05) is 19.1 Å². The molecule has 1 unspecified atom stereocenters. The van der Waals surface area contributed by atoms with E-state index in [2.05, 4.69) is 4.74 Å². The maximum absolute atomic E-state index is 12.0. The molecule has 1 aliphatic rings. The van der Waals surface area contributed by atoms with Crippen LogP contribution in [-0.4, -0.2) is 32.1 Å². The summed E-state index contributed by atoms with van der Waals surface area (Å²) in [7, 11) is 3.03. The molecule has 5 heteroatoms. The van der Waals surface area contributed by atoms with E-state index in [1.165, 1.54) is 7.11 Å². The molecule has 0 fully saturated rings. The van der Waals surface area contributed by atoms with Crippen LogP contribution in [0.1, 0.15) is 12.8 Å². The van der Waals surface area contributed by atoms with Gasteiger partial charge in [0.1, 0.15) is 5.75 Å². The Morgan fingerprint density at radius 1 is 1.44 bits per heavy atom. The van der Waals surface area contributed by atoms with Crippen molar-refractivity contribution in [2.24, 2.45) is 0 Å². The second-order valence-electron chi connectivity index (χ2n) is 4.09. The highest BCUT2D eigenvalue weighted by Crippen LogP contribution is 2.33. The van der Waals surface area contributed by atoms with Crippen LogP contribution < -0.4 is 9.64 Å². The van der Waals surface area contributed by atoms with Crippen LogP contribution in [-0.2, 0) is 14.3 Å². The van der Waals surface area contributed by atoms with Gasteiger partial charge in [0, 0.05) is 19.9 Å². The van der Waals surface area contributed by atoms with Crippen LogP contribution in [0.3, 0.4) is 0 Å². The normalized spacial score (nSPS) is 18.0. The lowest BCUT2D eigenvalue weighted by Gasteiger charge is -2.31. The molecule has 1 heterocycles. The first-order chi connectivity index (χ1) is 8.63. The molecular formula is C13H15NO4. The topological polar surface area (TPSA) is 55.8 Å². The molecule has 0 saturated heterocycles. The molecule has 1 atom stereocenters. The molecule has 5 nitrogen and oxygen atoms in total. The summed E-state index contributed by atoms with van der Waals surface area (Å²) in [6, 6.07) is 7.33. The maximum Gasteiger partial charge on any atom is 0.305 e. The average molecular weight is 249 g/mol. The van der Waals surface area contributed by atoms with Crippen LogP contribution >= 0.6 is 0 Å². The molecule has 96 valence electrons. The molecule has 0 spiro atoms. The summed E-state index contributed by atoms with van der Waals surface area (Å²) in [6.07, 6.45) is -0.128. The Labute approximate surface area is 105 Å². The number of benzene rings is 1. The first-order valence-corrected chi connectivity index (χ1v) is 5.73. The molecule has 0 aliphatic carbocycles. The zero-order chi connectivity index (χ0) is 13.1. The third kappa shape index (κ3) is 2.30. The monoisotopic (exact) mass is 249 g/mol. The molecule has 1 aromatic carbocycles. The first-order valence-electron chi connectivity index (χ1n) is 5.73. The highest BCUT2D eigenvalue weighted by atomic mass is 16.5. The Bertz CT molecular complexity index is 472. The number of fused-ring (bicyclic) bond motifs is 1. The van der Waals surface area contributed by atoms with E-state index >= 15 is 0 Å². The molecule has 0 N–H and O–H groups in total. The van der Waals surface area contributed by atoms with E-state index in [0.717, 1.165) is 5.69 Å². The Kier molecular flexibility index (Phi) is 3.50. The zero-order valence-electron chi connectivity index (χ0n) is 10.4. The van der Waals surface area contributed by atoms with Crippen molar-refractivity contribution in [3.8, 4) is 5.75 Å². The Hall–Kier alpha value is -2.04. The smallest absolute Gasteiger partial charge is 0.305 e. The summed E-state index contributed by atoms with van der Waals surface area (Å²) >= 11 is 0. The van der Waals surface area contributed by atoms with Crippen LogP contribution in [0.15, 0.2) is 24.3 Å². The third-order valence-electron chi connectivity index (χ3n) is 2.94. The number of carbonyl (C=O) groups is 2. The SMILES string of the molecule is COC(=O)CCC1Oc2ccccc2N(C)C1=O. The Morgan fingerprint density at radius 3 is 2.89 bits per heavy atom. The second-order valence-corrected chi connectivity index (χ2v) is 4.09. The van der Waals surface area contributed by atoms with Crippen molar-refractivity contribution in [1.82, 2.24) is 0 Å². The number of methoxy groups -OCH3 is 1. The summed E-state index contributed by atoms with van der Waals surface area (Å²) in [4.78, 5) is 24.7. The number of ether oxygens (including phenoxy) is 2. The lowest BCUT2D eigenvalue weighted by atomic mass is 10.1. The molecule has 1 amide bonds. The molecule has 0 aromatic heterocycles. The van der Waals surface area contributed by atoms with Gasteiger partial charge in [-0.05, 0) is 12.1 Å². The van der Waals surface area contributed by atoms with Gasteiger partial charge in [-0.25, -0.2) is 0 Å². The molecule has 0 radical (unpaired) electrons. The van der Waals surface area contributed by atoms with Gasteiger partial charge < -0.3 is 14.4 Å². The van der Waals surface area contributed by atoms with Crippen LogP contribution in [0.2, 0.25) is 0 Å². The van der Waals surface area contributed by atoms with E-state index in [1.807, 2.05) is 24.3 Å². The number of esters is 1. The van der Waals surface area contributed by atoms with Crippen molar-refractivity contribution in [3.63, 3.8) is 0 Å². The fourth-order valence-corrected chi connectivity index (χ4v) is 1.91. The fourth-order valence-electron chi connectivity index (χ4n) is 1.91. The summed E-state index contributed by atoms with van der Waals surface area (Å²) in [5, 5.41) is 0. The molecule has 2 rings (SSSR count). The van der Waals surface area contributed by atoms with E-state index in [0.29, 0.717) is 12.2 Å². The minimum Gasteiger partial charge on any atom is -0.478 e. The molecular weight excluding hydrogens is 234 g/mol. The standard InChI is InChI=1S/C13H15NO4/c1-14-9-5-3-4-6-10(9)18-11(13(14)16)7-8-12(15)17-2/h3-6,11H,7-8H2,1-2H3. The van der Waals surface area contributed by atoms with Crippen LogP contribution in [0.5, 0.6) is 5.75 Å². The summed E-state index contributed by atoms with van der Waals surface area (Å²) in [5.41, 5.74) is 0.747. The fraction of sp³-hybridized carbons (Fsp3) is 0.385. The quantitative estimate of drug-likeness (QED) is 0.759. The average Bonchev–Trinajstić information content (AvgIpc) is 2.41. The van der Waals surface area contributed by atoms with Gasteiger partial charge in [-0.15, -0.1) is 0 Å². The number of para-hydroxylation sites is 2. The molecule has 0 bridgehead atoms. The van der Waals surface area contributed by atoms with E-state index in [9.17, 15) is 9.59 Å². The maximum atomic E-state index is 12.0. The van der Waals surface area contributed by atoms with E-state index in [-0.39, 0.29) is 18.3 Å².